The number of hydrogen-bond donors (Lipinski definition) is 1. The van der Waals surface area contributed by atoms with Crippen LogP contribution in [0.3, 0.4) is 0 Å². The Kier molecular flexibility index (Phi) is 5.38. The van der Waals surface area contributed by atoms with Crippen LogP contribution in [0.25, 0.3) is 0 Å². The summed E-state index contributed by atoms with van der Waals surface area (Å²) in [5.41, 5.74) is 1.09. The van der Waals surface area contributed by atoms with E-state index in [1.54, 1.807) is 24.3 Å². The molecular formula is C18H18ClNO5S. The van der Waals surface area contributed by atoms with Gasteiger partial charge in [0.2, 0.25) is 5.91 Å². The maximum atomic E-state index is 12.3. The Morgan fingerprint density at radius 3 is 2.73 bits per heavy atom. The van der Waals surface area contributed by atoms with Crippen LogP contribution in [-0.4, -0.2) is 33.8 Å². The topological polar surface area (TPSA) is 81.7 Å². The summed E-state index contributed by atoms with van der Waals surface area (Å²) in [5.74, 6) is 0.729. The first-order valence-corrected chi connectivity index (χ1v) is 10.3. The summed E-state index contributed by atoms with van der Waals surface area (Å²) in [5, 5.41) is 3.09. The molecule has 0 aromatic heterocycles. The van der Waals surface area contributed by atoms with Crippen LogP contribution in [0.5, 0.6) is 11.5 Å². The number of ether oxygens (including phenoxy) is 2. The molecule has 6 nitrogen and oxygen atoms in total. The molecule has 2 aromatic carbocycles. The van der Waals surface area contributed by atoms with Crippen LogP contribution < -0.4 is 14.8 Å². The van der Waals surface area contributed by atoms with E-state index in [0.29, 0.717) is 41.0 Å². The summed E-state index contributed by atoms with van der Waals surface area (Å²) in [6.07, 6.45) is 1.95. The van der Waals surface area contributed by atoms with E-state index < -0.39 is 9.84 Å². The molecule has 1 N–H and O–H groups in total. The van der Waals surface area contributed by atoms with Crippen LogP contribution in [0.15, 0.2) is 41.3 Å². The molecule has 3 rings (SSSR count). The zero-order valence-corrected chi connectivity index (χ0v) is 15.7. The molecule has 0 unspecified atom stereocenters. The lowest BCUT2D eigenvalue weighted by Crippen LogP contribution is -2.15. The van der Waals surface area contributed by atoms with Crippen molar-refractivity contribution in [1.82, 2.24) is 0 Å². The van der Waals surface area contributed by atoms with E-state index in [4.69, 9.17) is 21.1 Å². The van der Waals surface area contributed by atoms with Gasteiger partial charge in [0.05, 0.1) is 29.6 Å². The van der Waals surface area contributed by atoms with Crippen LogP contribution >= 0.6 is 11.6 Å². The summed E-state index contributed by atoms with van der Waals surface area (Å²) >= 11 is 6.23. The monoisotopic (exact) mass is 395 g/mol. The van der Waals surface area contributed by atoms with Gasteiger partial charge in [-0.2, -0.15) is 0 Å². The second-order valence-corrected chi connectivity index (χ2v) is 8.40. The van der Waals surface area contributed by atoms with Crippen molar-refractivity contribution in [1.29, 1.82) is 0 Å². The van der Waals surface area contributed by atoms with Crippen molar-refractivity contribution in [2.45, 2.75) is 17.7 Å². The van der Waals surface area contributed by atoms with E-state index in [1.165, 1.54) is 12.1 Å². The summed E-state index contributed by atoms with van der Waals surface area (Å²) in [7, 11) is -3.34. The molecule has 1 aliphatic rings. The van der Waals surface area contributed by atoms with E-state index in [1.807, 2.05) is 0 Å². The molecule has 8 heteroatoms. The Labute approximate surface area is 157 Å². The van der Waals surface area contributed by atoms with Crippen LogP contribution in [0.2, 0.25) is 5.02 Å². The SMILES string of the molecule is CS(=O)(=O)c1cccc(NC(=O)Cc2cc(Cl)c3c(c2)OCCCO3)c1. The number of amides is 1. The molecular weight excluding hydrogens is 378 g/mol. The molecule has 0 spiro atoms. The molecule has 0 radical (unpaired) electrons. The maximum absolute atomic E-state index is 12.3. The van der Waals surface area contributed by atoms with Crippen molar-refractivity contribution in [2.75, 3.05) is 24.8 Å². The molecule has 1 amide bonds. The van der Waals surface area contributed by atoms with Gasteiger partial charge in [0.25, 0.3) is 0 Å². The van der Waals surface area contributed by atoms with Gasteiger partial charge in [-0.15, -0.1) is 0 Å². The average molecular weight is 396 g/mol. The van der Waals surface area contributed by atoms with Gasteiger partial charge >= 0.3 is 0 Å². The molecule has 1 heterocycles. The quantitative estimate of drug-likeness (QED) is 0.860. The van der Waals surface area contributed by atoms with E-state index in [9.17, 15) is 13.2 Å². The van der Waals surface area contributed by atoms with Crippen LogP contribution in [0.4, 0.5) is 5.69 Å². The van der Waals surface area contributed by atoms with Crippen molar-refractivity contribution in [3.8, 4) is 11.5 Å². The van der Waals surface area contributed by atoms with Gasteiger partial charge in [-0.1, -0.05) is 17.7 Å². The van der Waals surface area contributed by atoms with Crippen molar-refractivity contribution in [3.05, 3.63) is 47.0 Å². The van der Waals surface area contributed by atoms with Gasteiger partial charge in [-0.25, -0.2) is 8.42 Å². The Balaban J connectivity index is 1.75. The van der Waals surface area contributed by atoms with Crippen LogP contribution in [0, 0.1) is 0 Å². The average Bonchev–Trinajstić information content (AvgIpc) is 2.80. The predicted molar refractivity (Wildman–Crippen MR) is 98.9 cm³/mol. The molecule has 1 aliphatic heterocycles. The number of benzene rings is 2. The third-order valence-corrected chi connectivity index (χ3v) is 5.16. The predicted octanol–water partition coefficient (Wildman–Crippen LogP) is 3.09. The number of carbonyl (C=O) groups excluding carboxylic acids is 1. The highest BCUT2D eigenvalue weighted by molar-refractivity contribution is 7.90. The molecule has 0 saturated heterocycles. The van der Waals surface area contributed by atoms with Crippen LogP contribution in [-0.2, 0) is 21.1 Å². The zero-order valence-electron chi connectivity index (χ0n) is 14.1. The van der Waals surface area contributed by atoms with Gasteiger partial charge in [0.1, 0.15) is 0 Å². The second-order valence-electron chi connectivity index (χ2n) is 5.98. The summed E-state index contributed by atoms with van der Waals surface area (Å²) < 4.78 is 34.4. The summed E-state index contributed by atoms with van der Waals surface area (Å²) in [6, 6.07) is 9.52. The minimum Gasteiger partial charge on any atom is -0.489 e. The zero-order chi connectivity index (χ0) is 18.7. The number of nitrogens with one attached hydrogen (secondary N) is 1. The first-order valence-electron chi connectivity index (χ1n) is 8.01. The smallest absolute Gasteiger partial charge is 0.228 e. The Hall–Kier alpha value is -2.25. The fourth-order valence-electron chi connectivity index (χ4n) is 2.58. The Morgan fingerprint density at radius 1 is 1.19 bits per heavy atom. The molecule has 0 aliphatic carbocycles. The van der Waals surface area contributed by atoms with E-state index in [2.05, 4.69) is 5.32 Å². The third kappa shape index (κ3) is 4.47. The minimum atomic E-state index is -3.34. The first-order chi connectivity index (χ1) is 12.3. The van der Waals surface area contributed by atoms with Crippen molar-refractivity contribution >= 4 is 33.0 Å². The third-order valence-electron chi connectivity index (χ3n) is 3.77. The van der Waals surface area contributed by atoms with Gasteiger partial charge < -0.3 is 14.8 Å². The van der Waals surface area contributed by atoms with E-state index in [0.717, 1.165) is 12.7 Å². The summed E-state index contributed by atoms with van der Waals surface area (Å²) in [4.78, 5) is 12.5. The normalized spacial score (nSPS) is 13.8. The Bertz CT molecular complexity index is 943. The molecule has 0 bridgehead atoms. The van der Waals surface area contributed by atoms with Crippen molar-refractivity contribution in [3.63, 3.8) is 0 Å². The maximum Gasteiger partial charge on any atom is 0.228 e. The first kappa shape index (κ1) is 18.5. The van der Waals surface area contributed by atoms with Crippen molar-refractivity contribution in [2.24, 2.45) is 0 Å². The number of rotatable bonds is 4. The summed E-state index contributed by atoms with van der Waals surface area (Å²) in [6.45, 7) is 1.06. The van der Waals surface area contributed by atoms with Crippen LogP contribution in [0.1, 0.15) is 12.0 Å². The number of sulfone groups is 1. The molecule has 138 valence electrons. The fourth-order valence-corrected chi connectivity index (χ4v) is 3.54. The number of halogens is 1. The Morgan fingerprint density at radius 2 is 1.96 bits per heavy atom. The molecule has 0 fully saturated rings. The highest BCUT2D eigenvalue weighted by atomic mass is 35.5. The van der Waals surface area contributed by atoms with Gasteiger partial charge in [-0.3, -0.25) is 4.79 Å². The van der Waals surface area contributed by atoms with E-state index in [-0.39, 0.29) is 17.2 Å². The highest BCUT2D eigenvalue weighted by Gasteiger charge is 2.17. The molecule has 2 aromatic rings. The number of anilines is 1. The number of carbonyl (C=O) groups is 1. The lowest BCUT2D eigenvalue weighted by Gasteiger charge is -2.12. The van der Waals surface area contributed by atoms with Gasteiger partial charge in [0.15, 0.2) is 21.3 Å². The lowest BCUT2D eigenvalue weighted by molar-refractivity contribution is -0.115. The van der Waals surface area contributed by atoms with Gasteiger partial charge in [-0.05, 0) is 35.9 Å². The van der Waals surface area contributed by atoms with E-state index >= 15 is 0 Å². The molecule has 26 heavy (non-hydrogen) atoms. The largest absolute Gasteiger partial charge is 0.489 e. The number of hydrogen-bond acceptors (Lipinski definition) is 5. The second kappa shape index (κ2) is 7.55. The number of fused-ring (bicyclic) bond motifs is 1. The molecule has 0 saturated carbocycles. The highest BCUT2D eigenvalue weighted by Crippen LogP contribution is 2.38. The minimum absolute atomic E-state index is 0.0689. The van der Waals surface area contributed by atoms with Crippen molar-refractivity contribution < 1.29 is 22.7 Å². The lowest BCUT2D eigenvalue weighted by atomic mass is 10.1. The van der Waals surface area contributed by atoms with Gasteiger partial charge in [0, 0.05) is 18.4 Å². The fraction of sp³-hybridized carbons (Fsp3) is 0.278. The molecule has 0 atom stereocenters. The standard InChI is InChI=1S/C18H18ClNO5S/c1-26(22,23)14-5-2-4-13(11-14)20-17(21)10-12-8-15(19)18-16(9-12)24-6-3-7-25-18/h2,4-5,8-9,11H,3,6-7,10H2,1H3,(H,20,21).